The molecule has 0 aromatic rings. The molecule has 1 aliphatic heterocycles. The monoisotopic (exact) mass is 238 g/mol. The van der Waals surface area contributed by atoms with Gasteiger partial charge < -0.3 is 10.4 Å². The van der Waals surface area contributed by atoms with Gasteiger partial charge in [0.2, 0.25) is 0 Å². The lowest BCUT2D eigenvalue weighted by Gasteiger charge is -2.27. The third-order valence-corrected chi connectivity index (χ3v) is 4.79. The van der Waals surface area contributed by atoms with Crippen LogP contribution in [0, 0.1) is 5.92 Å². The highest BCUT2D eigenvalue weighted by Gasteiger charge is 2.34. The summed E-state index contributed by atoms with van der Waals surface area (Å²) in [7, 11) is 0. The average Bonchev–Trinajstić information content (AvgIpc) is 3.09. The highest BCUT2D eigenvalue weighted by molar-refractivity contribution is 4.92. The van der Waals surface area contributed by atoms with Crippen molar-refractivity contribution in [3.63, 3.8) is 0 Å². The second-order valence-corrected chi connectivity index (χ2v) is 6.29. The molecule has 98 valence electrons. The van der Waals surface area contributed by atoms with E-state index in [1.165, 1.54) is 51.7 Å². The second-order valence-electron chi connectivity index (χ2n) is 6.29. The molecule has 0 radical (unpaired) electrons. The number of aliphatic hydroxyl groups excluding tert-OH is 1. The molecule has 0 aromatic carbocycles. The van der Waals surface area contributed by atoms with E-state index in [-0.39, 0.29) is 6.10 Å². The van der Waals surface area contributed by atoms with Crippen LogP contribution >= 0.6 is 0 Å². The summed E-state index contributed by atoms with van der Waals surface area (Å²) in [6.45, 7) is 3.77. The predicted molar refractivity (Wildman–Crippen MR) is 69.0 cm³/mol. The predicted octanol–water partition coefficient (Wildman–Crippen LogP) is 1.36. The van der Waals surface area contributed by atoms with Crippen LogP contribution in [0.15, 0.2) is 0 Å². The van der Waals surface area contributed by atoms with Gasteiger partial charge in [0, 0.05) is 25.2 Å². The third-order valence-electron chi connectivity index (χ3n) is 4.79. The number of rotatable bonds is 4. The third kappa shape index (κ3) is 3.21. The Labute approximate surface area is 105 Å². The maximum atomic E-state index is 9.48. The smallest absolute Gasteiger partial charge is 0.0540 e. The normalized spacial score (nSPS) is 39.7. The van der Waals surface area contributed by atoms with Crippen molar-refractivity contribution >= 4 is 0 Å². The van der Waals surface area contributed by atoms with Crippen LogP contribution in [0.3, 0.4) is 0 Å². The van der Waals surface area contributed by atoms with Crippen LogP contribution in [0.25, 0.3) is 0 Å². The second kappa shape index (κ2) is 5.25. The van der Waals surface area contributed by atoms with Gasteiger partial charge in [-0.25, -0.2) is 0 Å². The van der Waals surface area contributed by atoms with Crippen molar-refractivity contribution in [1.82, 2.24) is 10.2 Å². The molecule has 2 aliphatic carbocycles. The van der Waals surface area contributed by atoms with Gasteiger partial charge in [0.05, 0.1) is 6.10 Å². The molecule has 0 bridgehead atoms. The van der Waals surface area contributed by atoms with Gasteiger partial charge in [-0.15, -0.1) is 0 Å². The first-order valence-corrected chi connectivity index (χ1v) is 7.47. The van der Waals surface area contributed by atoms with Crippen molar-refractivity contribution in [3.8, 4) is 0 Å². The van der Waals surface area contributed by atoms with Crippen LogP contribution < -0.4 is 5.32 Å². The zero-order valence-electron chi connectivity index (χ0n) is 10.8. The minimum absolute atomic E-state index is 0.0110. The summed E-state index contributed by atoms with van der Waals surface area (Å²) in [5.41, 5.74) is 0. The van der Waals surface area contributed by atoms with E-state index in [4.69, 9.17) is 0 Å². The molecule has 3 heteroatoms. The molecule has 17 heavy (non-hydrogen) atoms. The number of nitrogens with one attached hydrogen (secondary N) is 1. The van der Waals surface area contributed by atoms with E-state index >= 15 is 0 Å². The van der Waals surface area contributed by atoms with Crippen LogP contribution in [-0.2, 0) is 0 Å². The highest BCUT2D eigenvalue weighted by Crippen LogP contribution is 2.30. The van der Waals surface area contributed by atoms with Crippen molar-refractivity contribution in [2.75, 3.05) is 19.6 Å². The molecule has 2 N–H and O–H groups in total. The lowest BCUT2D eigenvalue weighted by Crippen LogP contribution is -2.37. The van der Waals surface area contributed by atoms with E-state index in [9.17, 15) is 5.11 Å². The SMILES string of the molecule is OC1CCC(CNC2CCN(C3CC3)C2)CC1. The molecule has 3 aliphatic rings. The van der Waals surface area contributed by atoms with Gasteiger partial charge in [-0.3, -0.25) is 4.90 Å². The first-order valence-electron chi connectivity index (χ1n) is 7.47. The minimum Gasteiger partial charge on any atom is -0.393 e. The molecule has 0 aromatic heterocycles. The summed E-state index contributed by atoms with van der Waals surface area (Å²) in [5, 5.41) is 13.2. The Hall–Kier alpha value is -0.120. The minimum atomic E-state index is -0.0110. The van der Waals surface area contributed by atoms with E-state index in [0.717, 1.165) is 30.8 Å². The summed E-state index contributed by atoms with van der Waals surface area (Å²) >= 11 is 0. The van der Waals surface area contributed by atoms with Crippen LogP contribution in [0.4, 0.5) is 0 Å². The number of nitrogens with zero attached hydrogens (tertiary/aromatic N) is 1. The van der Waals surface area contributed by atoms with Crippen molar-refractivity contribution < 1.29 is 5.11 Å². The van der Waals surface area contributed by atoms with E-state index in [1.807, 2.05) is 0 Å². The Bertz CT molecular complexity index is 247. The Morgan fingerprint density at radius 3 is 2.47 bits per heavy atom. The number of hydrogen-bond acceptors (Lipinski definition) is 3. The molecule has 3 nitrogen and oxygen atoms in total. The number of likely N-dealkylation sites (tertiary alicyclic amines) is 1. The van der Waals surface area contributed by atoms with E-state index < -0.39 is 0 Å². The molecule has 1 heterocycles. The maximum absolute atomic E-state index is 9.48. The zero-order chi connectivity index (χ0) is 11.7. The Morgan fingerprint density at radius 1 is 1.00 bits per heavy atom. The summed E-state index contributed by atoms with van der Waals surface area (Å²) in [4.78, 5) is 2.67. The topological polar surface area (TPSA) is 35.5 Å². The van der Waals surface area contributed by atoms with E-state index in [0.29, 0.717) is 0 Å². The molecule has 1 atom stereocenters. The standard InChI is InChI=1S/C14H26N2O/c17-14-5-1-11(2-6-14)9-15-12-7-8-16(10-12)13-3-4-13/h11-15,17H,1-10H2. The molecular formula is C14H26N2O. The van der Waals surface area contributed by atoms with Gasteiger partial charge in [-0.1, -0.05) is 0 Å². The van der Waals surface area contributed by atoms with E-state index in [1.54, 1.807) is 0 Å². The van der Waals surface area contributed by atoms with E-state index in [2.05, 4.69) is 10.2 Å². The number of aliphatic hydroxyl groups is 1. The Balaban J connectivity index is 1.34. The first-order chi connectivity index (χ1) is 8.31. The van der Waals surface area contributed by atoms with Crippen molar-refractivity contribution in [2.24, 2.45) is 5.92 Å². The summed E-state index contributed by atoms with van der Waals surface area (Å²) in [5.74, 6) is 0.813. The number of hydrogen-bond donors (Lipinski definition) is 2. The van der Waals surface area contributed by atoms with Crippen LogP contribution in [0.1, 0.15) is 44.9 Å². The van der Waals surface area contributed by atoms with Crippen molar-refractivity contribution in [1.29, 1.82) is 0 Å². The van der Waals surface area contributed by atoms with Gasteiger partial charge >= 0.3 is 0 Å². The molecule has 3 fully saturated rings. The molecule has 3 rings (SSSR count). The highest BCUT2D eigenvalue weighted by atomic mass is 16.3. The molecule has 0 amide bonds. The average molecular weight is 238 g/mol. The van der Waals surface area contributed by atoms with Gasteiger partial charge in [-0.05, 0) is 57.4 Å². The summed E-state index contributed by atoms with van der Waals surface area (Å²) in [6, 6.07) is 1.68. The lowest BCUT2D eigenvalue weighted by molar-refractivity contribution is 0.107. The maximum Gasteiger partial charge on any atom is 0.0540 e. The molecule has 2 saturated carbocycles. The molecule has 0 spiro atoms. The fourth-order valence-corrected chi connectivity index (χ4v) is 3.41. The Morgan fingerprint density at radius 2 is 1.76 bits per heavy atom. The van der Waals surface area contributed by atoms with Crippen LogP contribution in [0.2, 0.25) is 0 Å². The van der Waals surface area contributed by atoms with Gasteiger partial charge in [0.15, 0.2) is 0 Å². The van der Waals surface area contributed by atoms with Crippen molar-refractivity contribution in [2.45, 2.75) is 63.1 Å². The van der Waals surface area contributed by atoms with Gasteiger partial charge in [0.25, 0.3) is 0 Å². The van der Waals surface area contributed by atoms with Gasteiger partial charge in [0.1, 0.15) is 0 Å². The van der Waals surface area contributed by atoms with Crippen LogP contribution in [-0.4, -0.2) is 47.8 Å². The van der Waals surface area contributed by atoms with Gasteiger partial charge in [-0.2, -0.15) is 0 Å². The van der Waals surface area contributed by atoms with Crippen molar-refractivity contribution in [3.05, 3.63) is 0 Å². The lowest BCUT2D eigenvalue weighted by atomic mass is 9.87. The quantitative estimate of drug-likeness (QED) is 0.776. The molecular weight excluding hydrogens is 212 g/mol. The first kappa shape index (κ1) is 11.9. The summed E-state index contributed by atoms with van der Waals surface area (Å²) < 4.78 is 0. The zero-order valence-corrected chi connectivity index (χ0v) is 10.8. The fraction of sp³-hybridized carbons (Fsp3) is 1.00. The summed E-state index contributed by atoms with van der Waals surface area (Å²) in [6.07, 6.45) is 8.67. The Kier molecular flexibility index (Phi) is 3.69. The fourth-order valence-electron chi connectivity index (χ4n) is 3.41. The molecule has 1 saturated heterocycles. The molecule has 1 unspecified atom stereocenters. The van der Waals surface area contributed by atoms with Crippen LogP contribution in [0.5, 0.6) is 0 Å². The largest absolute Gasteiger partial charge is 0.393 e.